The number of alkyl halides is 3. The monoisotopic (exact) mass is 349 g/mol. The van der Waals surface area contributed by atoms with E-state index in [1.54, 1.807) is 4.57 Å². The number of halogens is 3. The van der Waals surface area contributed by atoms with Gasteiger partial charge in [-0.25, -0.2) is 0 Å². The van der Waals surface area contributed by atoms with E-state index in [9.17, 15) is 13.2 Å². The van der Waals surface area contributed by atoms with Crippen LogP contribution >= 0.6 is 0 Å². The van der Waals surface area contributed by atoms with Crippen LogP contribution < -0.4 is 5.32 Å². The number of aromatic amines is 1. The van der Waals surface area contributed by atoms with Crippen molar-refractivity contribution in [3.63, 3.8) is 0 Å². The molecule has 2 aromatic heterocycles. The van der Waals surface area contributed by atoms with Gasteiger partial charge in [0.15, 0.2) is 0 Å². The van der Waals surface area contributed by atoms with Crippen LogP contribution in [0.15, 0.2) is 30.5 Å². The van der Waals surface area contributed by atoms with Crippen molar-refractivity contribution in [2.75, 3.05) is 0 Å². The first kappa shape index (κ1) is 16.1. The fraction of sp³-hybridized carbons (Fsp3) is 0.412. The number of nitrogens with zero attached hydrogens (tertiary/aromatic N) is 3. The third-order valence-corrected chi connectivity index (χ3v) is 4.72. The SMILES string of the molecule is FC(F)(F)[C@H]1CCCn2c(CNCc3cccc4[nH]ccc34)nnc21. The third kappa shape index (κ3) is 3.02. The zero-order chi connectivity index (χ0) is 17.4. The second-order valence-electron chi connectivity index (χ2n) is 6.32. The largest absolute Gasteiger partial charge is 0.398 e. The van der Waals surface area contributed by atoms with E-state index in [0.29, 0.717) is 31.9 Å². The molecule has 2 N–H and O–H groups in total. The van der Waals surface area contributed by atoms with E-state index in [4.69, 9.17) is 0 Å². The molecule has 1 atom stereocenters. The first-order chi connectivity index (χ1) is 12.0. The van der Waals surface area contributed by atoms with Crippen LogP contribution in [0.25, 0.3) is 10.9 Å². The highest BCUT2D eigenvalue weighted by Crippen LogP contribution is 2.40. The van der Waals surface area contributed by atoms with Gasteiger partial charge in [-0.3, -0.25) is 0 Å². The van der Waals surface area contributed by atoms with E-state index < -0.39 is 12.1 Å². The molecule has 4 rings (SSSR count). The van der Waals surface area contributed by atoms with Crippen molar-refractivity contribution in [2.24, 2.45) is 0 Å². The van der Waals surface area contributed by atoms with Gasteiger partial charge < -0.3 is 14.9 Å². The molecule has 0 amide bonds. The number of hydrogen-bond acceptors (Lipinski definition) is 3. The van der Waals surface area contributed by atoms with Gasteiger partial charge in [-0.05, 0) is 30.5 Å². The Morgan fingerprint density at radius 1 is 1.20 bits per heavy atom. The summed E-state index contributed by atoms with van der Waals surface area (Å²) in [6, 6.07) is 8.02. The summed E-state index contributed by atoms with van der Waals surface area (Å²) in [7, 11) is 0. The van der Waals surface area contributed by atoms with Crippen molar-refractivity contribution >= 4 is 10.9 Å². The maximum absolute atomic E-state index is 13.1. The minimum absolute atomic E-state index is 0.0447. The summed E-state index contributed by atoms with van der Waals surface area (Å²) < 4.78 is 41.0. The molecule has 132 valence electrons. The minimum atomic E-state index is -4.26. The van der Waals surface area contributed by atoms with Gasteiger partial charge in [0.1, 0.15) is 17.6 Å². The molecule has 0 bridgehead atoms. The van der Waals surface area contributed by atoms with Crippen LogP contribution in [0.3, 0.4) is 0 Å². The van der Waals surface area contributed by atoms with Crippen molar-refractivity contribution in [3.8, 4) is 0 Å². The molecule has 0 spiro atoms. The zero-order valence-electron chi connectivity index (χ0n) is 13.5. The van der Waals surface area contributed by atoms with Gasteiger partial charge in [0.05, 0.1) is 6.54 Å². The van der Waals surface area contributed by atoms with Crippen molar-refractivity contribution in [1.82, 2.24) is 25.1 Å². The fourth-order valence-electron chi connectivity index (χ4n) is 3.49. The number of hydrogen-bond donors (Lipinski definition) is 2. The van der Waals surface area contributed by atoms with E-state index in [1.807, 2.05) is 30.5 Å². The normalized spacial score (nSPS) is 17.8. The third-order valence-electron chi connectivity index (χ3n) is 4.72. The van der Waals surface area contributed by atoms with Gasteiger partial charge in [-0.1, -0.05) is 12.1 Å². The van der Waals surface area contributed by atoms with Crippen LogP contribution in [0, 0.1) is 0 Å². The Morgan fingerprint density at radius 2 is 2.08 bits per heavy atom. The van der Waals surface area contributed by atoms with E-state index in [2.05, 4.69) is 20.5 Å². The molecule has 25 heavy (non-hydrogen) atoms. The van der Waals surface area contributed by atoms with Gasteiger partial charge in [0.25, 0.3) is 0 Å². The predicted molar refractivity (Wildman–Crippen MR) is 86.9 cm³/mol. The van der Waals surface area contributed by atoms with Gasteiger partial charge >= 0.3 is 6.18 Å². The van der Waals surface area contributed by atoms with Crippen LogP contribution in [0.4, 0.5) is 13.2 Å². The fourth-order valence-corrected chi connectivity index (χ4v) is 3.49. The quantitative estimate of drug-likeness (QED) is 0.758. The lowest BCUT2D eigenvalue weighted by Gasteiger charge is -2.25. The van der Waals surface area contributed by atoms with Crippen molar-refractivity contribution < 1.29 is 13.2 Å². The predicted octanol–water partition coefficient (Wildman–Crippen LogP) is 3.49. The first-order valence-corrected chi connectivity index (χ1v) is 8.28. The summed E-state index contributed by atoms with van der Waals surface area (Å²) in [5.74, 6) is -0.899. The van der Waals surface area contributed by atoms with E-state index in [1.165, 1.54) is 0 Å². The lowest BCUT2D eigenvalue weighted by atomic mass is 9.98. The number of benzene rings is 1. The van der Waals surface area contributed by atoms with Gasteiger partial charge in [0.2, 0.25) is 0 Å². The molecule has 0 unspecified atom stereocenters. The smallest absolute Gasteiger partial charge is 0.361 e. The average Bonchev–Trinajstić information content (AvgIpc) is 3.21. The Kier molecular flexibility index (Phi) is 3.99. The topological polar surface area (TPSA) is 58.5 Å². The maximum Gasteiger partial charge on any atom is 0.398 e. The molecule has 0 fully saturated rings. The number of aromatic nitrogens is 4. The highest BCUT2D eigenvalue weighted by atomic mass is 19.4. The number of fused-ring (bicyclic) bond motifs is 2. The summed E-state index contributed by atoms with van der Waals surface area (Å²) >= 11 is 0. The van der Waals surface area contributed by atoms with E-state index in [-0.39, 0.29) is 12.2 Å². The molecular weight excluding hydrogens is 331 g/mol. The Labute approximate surface area is 142 Å². The summed E-state index contributed by atoms with van der Waals surface area (Å²) in [5, 5.41) is 12.2. The second-order valence-corrected chi connectivity index (χ2v) is 6.32. The summed E-state index contributed by atoms with van der Waals surface area (Å²) in [5.41, 5.74) is 2.19. The highest BCUT2D eigenvalue weighted by Gasteiger charge is 2.45. The molecule has 1 aromatic carbocycles. The molecule has 1 aliphatic rings. The van der Waals surface area contributed by atoms with Crippen molar-refractivity contribution in [1.29, 1.82) is 0 Å². The Bertz CT molecular complexity index is 880. The molecule has 8 heteroatoms. The average molecular weight is 349 g/mol. The zero-order valence-corrected chi connectivity index (χ0v) is 13.5. The first-order valence-electron chi connectivity index (χ1n) is 8.28. The number of H-pyrrole nitrogens is 1. The molecule has 0 saturated heterocycles. The number of rotatable bonds is 4. The van der Waals surface area contributed by atoms with Crippen LogP contribution in [0.2, 0.25) is 0 Å². The highest BCUT2D eigenvalue weighted by molar-refractivity contribution is 5.82. The van der Waals surface area contributed by atoms with E-state index >= 15 is 0 Å². The standard InChI is InChI=1S/C17H18F3N5/c18-17(19,20)13-4-2-8-25-15(23-24-16(13)25)10-21-9-11-3-1-5-14-12(11)6-7-22-14/h1,3,5-7,13,21-22H,2,4,8-10H2/t13-/m0/s1. The summed E-state index contributed by atoms with van der Waals surface area (Å²) in [6.07, 6.45) is -1.80. The Morgan fingerprint density at radius 3 is 2.92 bits per heavy atom. The Balaban J connectivity index is 1.48. The molecule has 0 radical (unpaired) electrons. The van der Waals surface area contributed by atoms with Crippen molar-refractivity contribution in [2.45, 2.75) is 44.6 Å². The molecule has 3 heterocycles. The molecule has 0 aliphatic carbocycles. The van der Waals surface area contributed by atoms with Gasteiger partial charge in [0, 0.05) is 30.2 Å². The Hall–Kier alpha value is -2.35. The second kappa shape index (κ2) is 6.18. The molecule has 3 aromatic rings. The van der Waals surface area contributed by atoms with Crippen LogP contribution in [-0.4, -0.2) is 25.9 Å². The van der Waals surface area contributed by atoms with Crippen LogP contribution in [0.5, 0.6) is 0 Å². The molecule has 5 nitrogen and oxygen atoms in total. The summed E-state index contributed by atoms with van der Waals surface area (Å²) in [6.45, 7) is 1.54. The van der Waals surface area contributed by atoms with Gasteiger partial charge in [-0.15, -0.1) is 10.2 Å². The number of nitrogens with one attached hydrogen (secondary N) is 2. The molecular formula is C17H18F3N5. The van der Waals surface area contributed by atoms with Crippen LogP contribution in [-0.2, 0) is 19.6 Å². The maximum atomic E-state index is 13.1. The molecule has 1 aliphatic heterocycles. The lowest BCUT2D eigenvalue weighted by Crippen LogP contribution is -2.29. The molecule has 0 saturated carbocycles. The van der Waals surface area contributed by atoms with E-state index in [0.717, 1.165) is 16.5 Å². The summed E-state index contributed by atoms with van der Waals surface area (Å²) in [4.78, 5) is 3.16. The minimum Gasteiger partial charge on any atom is -0.361 e. The van der Waals surface area contributed by atoms with Gasteiger partial charge in [-0.2, -0.15) is 13.2 Å². The van der Waals surface area contributed by atoms with Crippen LogP contribution in [0.1, 0.15) is 36.0 Å². The van der Waals surface area contributed by atoms with Crippen molar-refractivity contribution in [3.05, 3.63) is 47.7 Å². The lowest BCUT2D eigenvalue weighted by molar-refractivity contribution is -0.156.